The minimum absolute atomic E-state index is 0.0453. The van der Waals surface area contributed by atoms with Crippen LogP contribution in [0.4, 0.5) is 5.82 Å². The second-order valence-electron chi connectivity index (χ2n) is 8.56. The highest BCUT2D eigenvalue weighted by molar-refractivity contribution is 5.43. The summed E-state index contributed by atoms with van der Waals surface area (Å²) in [6, 6.07) is 15.5. The van der Waals surface area contributed by atoms with Gasteiger partial charge in [-0.15, -0.1) is 0 Å². The Morgan fingerprint density at radius 2 is 1.79 bits per heavy atom. The predicted molar refractivity (Wildman–Crippen MR) is 130 cm³/mol. The number of aryl methyl sites for hydroxylation is 2. The van der Waals surface area contributed by atoms with Crippen LogP contribution in [-0.4, -0.2) is 59.5 Å². The summed E-state index contributed by atoms with van der Waals surface area (Å²) in [5.74, 6) is 1.01. The van der Waals surface area contributed by atoms with Crippen LogP contribution in [0.5, 0.6) is 5.75 Å². The van der Waals surface area contributed by atoms with E-state index in [0.29, 0.717) is 18.7 Å². The van der Waals surface area contributed by atoms with E-state index in [2.05, 4.69) is 39.0 Å². The van der Waals surface area contributed by atoms with Crippen molar-refractivity contribution >= 4 is 5.82 Å². The van der Waals surface area contributed by atoms with Crippen molar-refractivity contribution in [3.8, 4) is 5.75 Å². The zero-order valence-electron chi connectivity index (χ0n) is 19.6. The van der Waals surface area contributed by atoms with E-state index in [0.717, 1.165) is 48.8 Å². The van der Waals surface area contributed by atoms with Crippen molar-refractivity contribution in [1.82, 2.24) is 14.5 Å². The summed E-state index contributed by atoms with van der Waals surface area (Å²) in [4.78, 5) is 22.7. The van der Waals surface area contributed by atoms with Gasteiger partial charge in [0.15, 0.2) is 0 Å². The third-order valence-electron chi connectivity index (χ3n) is 6.36. The van der Waals surface area contributed by atoms with E-state index in [1.165, 1.54) is 0 Å². The van der Waals surface area contributed by atoms with Crippen LogP contribution in [0.15, 0.2) is 59.5 Å². The summed E-state index contributed by atoms with van der Waals surface area (Å²) < 4.78 is 6.91. The number of pyridine rings is 2. The maximum atomic E-state index is 13.6. The Bertz CT molecular complexity index is 1120. The smallest absolute Gasteiger partial charge is 0.259 e. The van der Waals surface area contributed by atoms with Crippen molar-refractivity contribution in [2.45, 2.75) is 26.4 Å². The van der Waals surface area contributed by atoms with Crippen LogP contribution >= 0.6 is 0 Å². The molecule has 1 N–H and O–H groups in total. The SMILES string of the molecule is COCCn1c(C)cc(O)c(C(c2ccc(C)cc2)N2CCN(c3ccccn3)CC2)c1=O. The van der Waals surface area contributed by atoms with Crippen molar-refractivity contribution < 1.29 is 9.84 Å². The van der Waals surface area contributed by atoms with Gasteiger partial charge in [0.25, 0.3) is 5.56 Å². The monoisotopic (exact) mass is 448 g/mol. The van der Waals surface area contributed by atoms with Gasteiger partial charge in [0.1, 0.15) is 11.6 Å². The number of hydrogen-bond donors (Lipinski definition) is 1. The van der Waals surface area contributed by atoms with Gasteiger partial charge in [-0.05, 0) is 37.6 Å². The number of aromatic nitrogens is 2. The van der Waals surface area contributed by atoms with Crippen molar-refractivity contribution in [2.24, 2.45) is 0 Å². The number of anilines is 1. The average molecular weight is 449 g/mol. The quantitative estimate of drug-likeness (QED) is 0.599. The Hall–Kier alpha value is -3.16. The number of aromatic hydroxyl groups is 1. The van der Waals surface area contributed by atoms with Crippen LogP contribution in [-0.2, 0) is 11.3 Å². The molecule has 0 spiro atoms. The molecule has 7 nitrogen and oxygen atoms in total. The molecule has 0 radical (unpaired) electrons. The van der Waals surface area contributed by atoms with Crippen LogP contribution in [0.25, 0.3) is 0 Å². The molecule has 1 aliphatic heterocycles. The van der Waals surface area contributed by atoms with E-state index in [4.69, 9.17) is 4.74 Å². The number of rotatable bonds is 7. The van der Waals surface area contributed by atoms with Gasteiger partial charge >= 0.3 is 0 Å². The second-order valence-corrected chi connectivity index (χ2v) is 8.56. The van der Waals surface area contributed by atoms with Gasteiger partial charge in [-0.25, -0.2) is 4.98 Å². The minimum atomic E-state index is -0.335. The molecule has 2 aromatic heterocycles. The molecule has 1 aliphatic rings. The maximum Gasteiger partial charge on any atom is 0.259 e. The Labute approximate surface area is 194 Å². The lowest BCUT2D eigenvalue weighted by atomic mass is 9.95. The molecular weight excluding hydrogens is 416 g/mol. The Morgan fingerprint density at radius 3 is 2.42 bits per heavy atom. The molecule has 1 unspecified atom stereocenters. The summed E-state index contributed by atoms with van der Waals surface area (Å²) in [5, 5.41) is 11.0. The number of benzene rings is 1. The van der Waals surface area contributed by atoms with E-state index >= 15 is 0 Å². The largest absolute Gasteiger partial charge is 0.507 e. The molecule has 1 saturated heterocycles. The van der Waals surface area contributed by atoms with E-state index in [9.17, 15) is 9.90 Å². The van der Waals surface area contributed by atoms with Crippen molar-refractivity contribution in [3.63, 3.8) is 0 Å². The summed E-state index contributed by atoms with van der Waals surface area (Å²) >= 11 is 0. The maximum absolute atomic E-state index is 13.6. The number of nitrogens with zero attached hydrogens (tertiary/aromatic N) is 4. The van der Waals surface area contributed by atoms with Gasteiger partial charge in [-0.1, -0.05) is 35.9 Å². The molecule has 0 saturated carbocycles. The van der Waals surface area contributed by atoms with Gasteiger partial charge in [0.05, 0.1) is 18.2 Å². The highest BCUT2D eigenvalue weighted by Gasteiger charge is 2.31. The van der Waals surface area contributed by atoms with Crippen LogP contribution in [0.2, 0.25) is 0 Å². The molecule has 7 heteroatoms. The zero-order chi connectivity index (χ0) is 23.4. The number of piperazine rings is 1. The molecule has 4 rings (SSSR count). The molecule has 174 valence electrons. The number of hydrogen-bond acceptors (Lipinski definition) is 6. The van der Waals surface area contributed by atoms with Gasteiger partial charge < -0.3 is 19.3 Å². The first kappa shape index (κ1) is 23.0. The fourth-order valence-corrected chi connectivity index (χ4v) is 4.54. The number of ether oxygens (including phenoxy) is 1. The highest BCUT2D eigenvalue weighted by Crippen LogP contribution is 2.33. The molecular formula is C26H32N4O3. The molecule has 3 aromatic rings. The lowest BCUT2D eigenvalue weighted by Gasteiger charge is -2.40. The van der Waals surface area contributed by atoms with Crippen molar-refractivity contribution in [1.29, 1.82) is 0 Å². The Kier molecular flexibility index (Phi) is 7.11. The molecule has 1 fully saturated rings. The highest BCUT2D eigenvalue weighted by atomic mass is 16.5. The normalized spacial score (nSPS) is 15.5. The summed E-state index contributed by atoms with van der Waals surface area (Å²) in [6.45, 7) is 7.86. The zero-order valence-corrected chi connectivity index (χ0v) is 19.6. The molecule has 0 bridgehead atoms. The van der Waals surface area contributed by atoms with Crippen molar-refractivity contribution in [3.05, 3.63) is 87.5 Å². The first-order valence-electron chi connectivity index (χ1n) is 11.4. The first-order valence-corrected chi connectivity index (χ1v) is 11.4. The van der Waals surface area contributed by atoms with Gasteiger partial charge in [0, 0.05) is 51.7 Å². The van der Waals surface area contributed by atoms with Crippen molar-refractivity contribution in [2.75, 3.05) is 44.8 Å². The van der Waals surface area contributed by atoms with E-state index in [1.54, 1.807) is 17.7 Å². The minimum Gasteiger partial charge on any atom is -0.507 e. The lowest BCUT2D eigenvalue weighted by Crippen LogP contribution is -2.49. The molecule has 33 heavy (non-hydrogen) atoms. The topological polar surface area (TPSA) is 70.8 Å². The van der Waals surface area contributed by atoms with E-state index in [1.807, 2.05) is 38.2 Å². The molecule has 0 aliphatic carbocycles. The van der Waals surface area contributed by atoms with Crippen LogP contribution in [0.1, 0.15) is 28.4 Å². The standard InChI is InChI=1S/C26H32N4O3/c1-19-7-9-21(10-8-19)25(24-22(31)18-20(2)30(26(24)32)16-17-33-3)29-14-12-28(13-15-29)23-6-4-5-11-27-23/h4-11,18,25,31H,12-17H2,1-3H3. The van der Waals surface area contributed by atoms with Gasteiger partial charge in [-0.3, -0.25) is 9.69 Å². The van der Waals surface area contributed by atoms with Crippen LogP contribution < -0.4 is 10.5 Å². The fraction of sp³-hybridized carbons (Fsp3) is 0.385. The van der Waals surface area contributed by atoms with Crippen LogP contribution in [0, 0.1) is 13.8 Å². The Morgan fingerprint density at radius 1 is 1.06 bits per heavy atom. The summed E-state index contributed by atoms with van der Waals surface area (Å²) in [5.41, 5.74) is 3.14. The number of methoxy groups -OCH3 is 1. The van der Waals surface area contributed by atoms with Gasteiger partial charge in [-0.2, -0.15) is 0 Å². The van der Waals surface area contributed by atoms with E-state index < -0.39 is 0 Å². The molecule has 1 aromatic carbocycles. The van der Waals surface area contributed by atoms with Crippen LogP contribution in [0.3, 0.4) is 0 Å². The third kappa shape index (κ3) is 4.94. The molecule has 3 heterocycles. The average Bonchev–Trinajstić information content (AvgIpc) is 2.83. The lowest BCUT2D eigenvalue weighted by molar-refractivity contribution is 0.183. The Balaban J connectivity index is 1.72. The third-order valence-corrected chi connectivity index (χ3v) is 6.36. The predicted octanol–water partition coefficient (Wildman–Crippen LogP) is 3.12. The first-order chi connectivity index (χ1) is 16.0. The summed E-state index contributed by atoms with van der Waals surface area (Å²) in [6.07, 6.45) is 1.81. The van der Waals surface area contributed by atoms with E-state index in [-0.39, 0.29) is 17.4 Å². The summed E-state index contributed by atoms with van der Waals surface area (Å²) in [7, 11) is 1.62. The second kappa shape index (κ2) is 10.2. The van der Waals surface area contributed by atoms with Gasteiger partial charge in [0.2, 0.25) is 0 Å². The molecule has 1 atom stereocenters. The molecule has 0 amide bonds. The fourth-order valence-electron chi connectivity index (χ4n) is 4.54.